The zero-order valence-electron chi connectivity index (χ0n) is 12.9. The molecule has 1 amide bonds. The molecule has 118 valence electrons. The molecule has 0 bridgehead atoms. The summed E-state index contributed by atoms with van der Waals surface area (Å²) in [6, 6.07) is 3.13. The van der Waals surface area contributed by atoms with Crippen LogP contribution in [0.2, 0.25) is 0 Å². The predicted molar refractivity (Wildman–Crippen MR) is 80.3 cm³/mol. The van der Waals surface area contributed by atoms with Crippen molar-refractivity contribution in [1.82, 2.24) is 9.21 Å². The number of carbonyl (C=O) groups is 1. The number of aromatic nitrogens is 1. The second kappa shape index (κ2) is 7.37. The summed E-state index contributed by atoms with van der Waals surface area (Å²) in [5.41, 5.74) is 0. The number of rotatable bonds is 7. The van der Waals surface area contributed by atoms with Crippen LogP contribution in [0.15, 0.2) is 23.2 Å². The smallest absolute Gasteiger partial charge is 0.272 e. The van der Waals surface area contributed by atoms with Crippen LogP contribution in [0, 0.1) is 0 Å². The first-order valence-electron chi connectivity index (χ1n) is 6.78. The van der Waals surface area contributed by atoms with Crippen molar-refractivity contribution < 1.29 is 18.2 Å². The number of nitrogens with one attached hydrogen (secondary N) is 2. The fraction of sp³-hybridized carbons (Fsp3) is 0.538. The van der Waals surface area contributed by atoms with Crippen LogP contribution in [0.1, 0.15) is 13.8 Å². The molecule has 21 heavy (non-hydrogen) atoms. The Balaban J connectivity index is 2.81. The molecule has 1 aromatic rings. The molecule has 0 radical (unpaired) electrons. The van der Waals surface area contributed by atoms with Crippen LogP contribution in [0.5, 0.6) is 0 Å². The van der Waals surface area contributed by atoms with E-state index in [1.54, 1.807) is 34.0 Å². The summed E-state index contributed by atoms with van der Waals surface area (Å²) in [5, 5.41) is 2.91. The van der Waals surface area contributed by atoms with E-state index in [-0.39, 0.29) is 17.3 Å². The van der Waals surface area contributed by atoms with Crippen LogP contribution in [-0.2, 0) is 14.8 Å². The van der Waals surface area contributed by atoms with Crippen LogP contribution in [0.25, 0.3) is 0 Å². The molecule has 1 aromatic heterocycles. The maximum atomic E-state index is 12.3. The van der Waals surface area contributed by atoms with Crippen molar-refractivity contribution in [3.63, 3.8) is 0 Å². The molecule has 8 heteroatoms. The lowest BCUT2D eigenvalue weighted by Gasteiger charge is -2.17. The number of carbonyl (C=O) groups excluding carboxylic acids is 1. The van der Waals surface area contributed by atoms with Gasteiger partial charge in [0.05, 0.1) is 0 Å². The van der Waals surface area contributed by atoms with Gasteiger partial charge in [-0.25, -0.2) is 13.4 Å². The summed E-state index contributed by atoms with van der Waals surface area (Å²) in [6.07, 6.45) is 1.43. The van der Waals surface area contributed by atoms with E-state index in [0.29, 0.717) is 18.9 Å². The van der Waals surface area contributed by atoms with Gasteiger partial charge in [-0.15, -0.1) is 0 Å². The third-order valence-electron chi connectivity index (χ3n) is 3.06. The third-order valence-corrected chi connectivity index (χ3v) is 5.10. The molecule has 7 nitrogen and oxygen atoms in total. The average molecular weight is 315 g/mol. The lowest BCUT2D eigenvalue weighted by molar-refractivity contribution is -0.364. The number of amides is 1. The third kappa shape index (κ3) is 4.40. The molecule has 0 aliphatic heterocycles. The van der Waals surface area contributed by atoms with Crippen LogP contribution in [0.3, 0.4) is 0 Å². The Morgan fingerprint density at radius 1 is 1.24 bits per heavy atom. The molecular weight excluding hydrogens is 292 g/mol. The highest BCUT2D eigenvalue weighted by atomic mass is 32.2. The van der Waals surface area contributed by atoms with E-state index in [1.165, 1.54) is 21.5 Å². The lowest BCUT2D eigenvalue weighted by atomic mass is 10.4. The first-order chi connectivity index (χ1) is 9.82. The lowest BCUT2D eigenvalue weighted by Crippen LogP contribution is -2.32. The van der Waals surface area contributed by atoms with E-state index in [4.69, 9.17) is 0 Å². The normalized spacial score (nSPS) is 11.5. The fourth-order valence-electron chi connectivity index (χ4n) is 1.72. The summed E-state index contributed by atoms with van der Waals surface area (Å²) in [5.74, 6) is 0.520. The van der Waals surface area contributed by atoms with Crippen molar-refractivity contribution in [3.8, 4) is 0 Å². The molecule has 1 heterocycles. The van der Waals surface area contributed by atoms with Crippen molar-refractivity contribution in [2.24, 2.45) is 0 Å². The first kappa shape index (κ1) is 17.4. The highest BCUT2D eigenvalue weighted by Gasteiger charge is 2.22. The molecule has 1 rings (SSSR count). The maximum Gasteiger partial charge on any atom is 0.272 e. The quantitative estimate of drug-likeness (QED) is 0.769. The summed E-state index contributed by atoms with van der Waals surface area (Å²) in [6.45, 7) is 4.60. The summed E-state index contributed by atoms with van der Waals surface area (Å²) >= 11 is 0. The van der Waals surface area contributed by atoms with Gasteiger partial charge >= 0.3 is 0 Å². The monoisotopic (exact) mass is 315 g/mol. The highest BCUT2D eigenvalue weighted by Crippen LogP contribution is 2.14. The number of aromatic amines is 1. The average Bonchev–Trinajstić information content (AvgIpc) is 2.46. The number of pyridine rings is 1. The molecule has 0 aromatic carbocycles. The van der Waals surface area contributed by atoms with E-state index in [9.17, 15) is 13.2 Å². The van der Waals surface area contributed by atoms with Gasteiger partial charge in [-0.1, -0.05) is 13.8 Å². The van der Waals surface area contributed by atoms with Crippen LogP contribution in [-0.4, -0.2) is 57.3 Å². The van der Waals surface area contributed by atoms with Crippen LogP contribution >= 0.6 is 0 Å². The minimum Gasteiger partial charge on any atom is -0.345 e. The molecule has 0 aliphatic rings. The van der Waals surface area contributed by atoms with E-state index in [2.05, 4.69) is 10.3 Å². The van der Waals surface area contributed by atoms with Gasteiger partial charge in [-0.2, -0.15) is 4.31 Å². The molecule has 0 saturated heterocycles. The standard InChI is InChI=1S/C13H22N4O3S/c1-5-17(6-2)21(19,20)11-7-8-12(14-9-11)15-10-13(18)16(3)4/h7-9H,5-6,10H2,1-4H3,(H,14,15)/p+1. The molecule has 0 fully saturated rings. The maximum absolute atomic E-state index is 12.3. The predicted octanol–water partition coefficient (Wildman–Crippen LogP) is 0.0313. The topological polar surface area (TPSA) is 83.9 Å². The van der Waals surface area contributed by atoms with Crippen molar-refractivity contribution in [2.75, 3.05) is 39.0 Å². The molecule has 0 atom stereocenters. The number of nitrogens with zero attached hydrogens (tertiary/aromatic N) is 2. The van der Waals surface area contributed by atoms with Gasteiger partial charge in [-0.3, -0.25) is 10.1 Å². The van der Waals surface area contributed by atoms with Gasteiger partial charge in [0.25, 0.3) is 11.7 Å². The Labute approximate surface area is 126 Å². The van der Waals surface area contributed by atoms with Gasteiger partial charge in [0.15, 0.2) is 6.54 Å². The van der Waals surface area contributed by atoms with Crippen LogP contribution in [0.4, 0.5) is 5.82 Å². The van der Waals surface area contributed by atoms with Gasteiger partial charge < -0.3 is 4.90 Å². The Morgan fingerprint density at radius 3 is 2.29 bits per heavy atom. The minimum atomic E-state index is -3.46. The number of hydrogen-bond donors (Lipinski definition) is 1. The summed E-state index contributed by atoms with van der Waals surface area (Å²) in [7, 11) is -0.115. The summed E-state index contributed by atoms with van der Waals surface area (Å²) in [4.78, 5) is 16.0. The SMILES string of the molecule is CCN(CC)S(=O)(=O)c1ccc(NCC(=O)N(C)C)[nH+]c1. The van der Waals surface area contributed by atoms with Gasteiger partial charge in [0.1, 0.15) is 11.1 Å². The molecular formula is C13H23N4O3S+. The van der Waals surface area contributed by atoms with E-state index >= 15 is 0 Å². The Bertz CT molecular complexity index is 566. The zero-order valence-corrected chi connectivity index (χ0v) is 13.7. The van der Waals surface area contributed by atoms with E-state index < -0.39 is 10.0 Å². The number of hydrogen-bond acceptors (Lipinski definition) is 4. The second-order valence-corrected chi connectivity index (χ2v) is 6.61. The first-order valence-corrected chi connectivity index (χ1v) is 8.22. The zero-order chi connectivity index (χ0) is 16.0. The molecule has 0 unspecified atom stereocenters. The number of sulfonamides is 1. The van der Waals surface area contributed by atoms with Crippen molar-refractivity contribution in [1.29, 1.82) is 0 Å². The molecule has 0 spiro atoms. The number of anilines is 1. The van der Waals surface area contributed by atoms with Crippen molar-refractivity contribution >= 4 is 21.7 Å². The summed E-state index contributed by atoms with van der Waals surface area (Å²) < 4.78 is 26.0. The highest BCUT2D eigenvalue weighted by molar-refractivity contribution is 7.89. The molecule has 0 aliphatic carbocycles. The van der Waals surface area contributed by atoms with E-state index in [0.717, 1.165) is 0 Å². The molecule has 2 N–H and O–H groups in total. The molecule has 0 saturated carbocycles. The fourth-order valence-corrected chi connectivity index (χ4v) is 3.15. The number of H-pyrrole nitrogens is 1. The largest absolute Gasteiger partial charge is 0.345 e. The Morgan fingerprint density at radius 2 is 1.86 bits per heavy atom. The number of likely N-dealkylation sites (N-methyl/N-ethyl adjacent to an activating group) is 1. The van der Waals surface area contributed by atoms with Gasteiger partial charge in [0, 0.05) is 33.3 Å². The van der Waals surface area contributed by atoms with Crippen LogP contribution < -0.4 is 10.3 Å². The Hall–Kier alpha value is -1.67. The minimum absolute atomic E-state index is 0.0664. The van der Waals surface area contributed by atoms with Crippen molar-refractivity contribution in [3.05, 3.63) is 18.3 Å². The Kier molecular flexibility index (Phi) is 6.10. The van der Waals surface area contributed by atoms with Gasteiger partial charge in [0.2, 0.25) is 10.0 Å². The van der Waals surface area contributed by atoms with Gasteiger partial charge in [-0.05, 0) is 6.07 Å². The van der Waals surface area contributed by atoms with Crippen molar-refractivity contribution in [2.45, 2.75) is 18.7 Å². The second-order valence-electron chi connectivity index (χ2n) is 4.67. The van der Waals surface area contributed by atoms with E-state index in [1.807, 2.05) is 0 Å².